The van der Waals surface area contributed by atoms with Gasteiger partial charge in [0, 0.05) is 5.69 Å². The molecule has 4 nitrogen and oxygen atoms in total. The molecule has 1 atom stereocenters. The van der Waals surface area contributed by atoms with Gasteiger partial charge in [-0.1, -0.05) is 55.5 Å². The number of aryl methyl sites for hydroxylation is 2. The minimum Gasteiger partial charge on any atom is -0.324 e. The van der Waals surface area contributed by atoms with Crippen LogP contribution in [0, 0.1) is 19.3 Å². The number of benzene rings is 3. The van der Waals surface area contributed by atoms with Crippen LogP contribution >= 0.6 is 0 Å². The topological polar surface area (TPSA) is 45.5 Å². The first kappa shape index (κ1) is 22.2. The monoisotopic (exact) mass is 415 g/mol. The molecular weight excluding hydrogens is 389 g/mol. The smallest absolute Gasteiger partial charge is 0.249 e. The van der Waals surface area contributed by atoms with E-state index in [1.165, 1.54) is 12.1 Å². The van der Waals surface area contributed by atoms with Crippen LogP contribution in [0.4, 0.5) is 15.8 Å². The molecule has 0 unspecified atom stereocenters. The lowest BCUT2D eigenvalue weighted by molar-refractivity contribution is -0.123. The van der Waals surface area contributed by atoms with E-state index in [1.54, 1.807) is 24.3 Å². The summed E-state index contributed by atoms with van der Waals surface area (Å²) in [7, 11) is 0. The van der Waals surface area contributed by atoms with E-state index in [9.17, 15) is 9.18 Å². The third-order valence-corrected chi connectivity index (χ3v) is 5.41. The largest absolute Gasteiger partial charge is 0.324 e. The third kappa shape index (κ3) is 5.17. The van der Waals surface area contributed by atoms with Crippen LogP contribution in [0.15, 0.2) is 72.8 Å². The second-order valence-electron chi connectivity index (χ2n) is 7.50. The van der Waals surface area contributed by atoms with Gasteiger partial charge in [0.15, 0.2) is 5.69 Å². The predicted octanol–water partition coefficient (Wildman–Crippen LogP) is 5.76. The Morgan fingerprint density at radius 3 is 2.39 bits per heavy atom. The van der Waals surface area contributed by atoms with Crippen molar-refractivity contribution >= 4 is 17.3 Å². The first-order chi connectivity index (χ1) is 15.0. The molecule has 0 aliphatic carbocycles. The number of rotatable bonds is 8. The zero-order chi connectivity index (χ0) is 22.3. The Balaban J connectivity index is 1.95. The molecule has 3 aromatic rings. The number of carbonyl (C=O) groups excluding carboxylic acids is 1. The summed E-state index contributed by atoms with van der Waals surface area (Å²) in [4.78, 5) is 17.2. The standard InChI is InChI=1S/C26H26FN3O/c1-4-29-26(21-8-6-5-7-9-21,17-16-20-10-12-22(27)13-11-20)25(31)30-23-14-15-24(28-3)19(2)18-23/h5-15,18,29H,4,16-17H2,1-2H3,(H,30,31)/t26-/m1/s1. The first-order valence-electron chi connectivity index (χ1n) is 10.3. The first-order valence-corrected chi connectivity index (χ1v) is 10.3. The molecule has 3 rings (SSSR count). The van der Waals surface area contributed by atoms with Gasteiger partial charge in [0.25, 0.3) is 0 Å². The molecule has 5 heteroatoms. The molecule has 0 bridgehead atoms. The number of hydrogen-bond donors (Lipinski definition) is 2. The van der Waals surface area contributed by atoms with E-state index < -0.39 is 5.54 Å². The number of anilines is 1. The number of halogens is 1. The van der Waals surface area contributed by atoms with E-state index in [0.29, 0.717) is 30.8 Å². The average Bonchev–Trinajstić information content (AvgIpc) is 2.78. The molecule has 0 saturated carbocycles. The number of carbonyl (C=O) groups is 1. The van der Waals surface area contributed by atoms with Gasteiger partial charge in [-0.05, 0) is 67.3 Å². The fourth-order valence-corrected chi connectivity index (χ4v) is 3.76. The van der Waals surface area contributed by atoms with Gasteiger partial charge in [0.1, 0.15) is 11.4 Å². The van der Waals surface area contributed by atoms with Crippen molar-refractivity contribution in [3.8, 4) is 0 Å². The van der Waals surface area contributed by atoms with Gasteiger partial charge in [-0.3, -0.25) is 10.1 Å². The van der Waals surface area contributed by atoms with Crippen LogP contribution < -0.4 is 10.6 Å². The summed E-state index contributed by atoms with van der Waals surface area (Å²) in [5.74, 6) is -0.446. The Morgan fingerprint density at radius 2 is 1.77 bits per heavy atom. The van der Waals surface area contributed by atoms with Crippen molar-refractivity contribution in [3.63, 3.8) is 0 Å². The van der Waals surface area contributed by atoms with Crippen LogP contribution in [0.3, 0.4) is 0 Å². The molecule has 1 amide bonds. The quantitative estimate of drug-likeness (QED) is 0.459. The van der Waals surface area contributed by atoms with Gasteiger partial charge in [-0.2, -0.15) is 0 Å². The fourth-order valence-electron chi connectivity index (χ4n) is 3.76. The van der Waals surface area contributed by atoms with Crippen molar-refractivity contribution in [3.05, 3.63) is 107 Å². The highest BCUT2D eigenvalue weighted by molar-refractivity contribution is 5.99. The Morgan fingerprint density at radius 1 is 1.06 bits per heavy atom. The van der Waals surface area contributed by atoms with Gasteiger partial charge in [-0.25, -0.2) is 9.24 Å². The average molecular weight is 416 g/mol. The summed E-state index contributed by atoms with van der Waals surface area (Å²) >= 11 is 0. The predicted molar refractivity (Wildman–Crippen MR) is 123 cm³/mol. The lowest BCUT2D eigenvalue weighted by Gasteiger charge is -2.34. The zero-order valence-corrected chi connectivity index (χ0v) is 17.8. The Labute approximate surface area is 182 Å². The van der Waals surface area contributed by atoms with Crippen molar-refractivity contribution in [2.24, 2.45) is 0 Å². The van der Waals surface area contributed by atoms with Crippen LogP contribution in [-0.2, 0) is 16.8 Å². The van der Waals surface area contributed by atoms with Crippen LogP contribution in [0.1, 0.15) is 30.0 Å². The molecule has 31 heavy (non-hydrogen) atoms. The number of nitrogens with one attached hydrogen (secondary N) is 2. The maximum absolute atomic E-state index is 13.7. The van der Waals surface area contributed by atoms with E-state index in [0.717, 1.165) is 16.7 Å². The van der Waals surface area contributed by atoms with E-state index in [2.05, 4.69) is 15.5 Å². The van der Waals surface area contributed by atoms with Crippen molar-refractivity contribution < 1.29 is 9.18 Å². The zero-order valence-electron chi connectivity index (χ0n) is 17.8. The maximum atomic E-state index is 13.7. The van der Waals surface area contributed by atoms with Gasteiger partial charge in [-0.15, -0.1) is 0 Å². The summed E-state index contributed by atoms with van der Waals surface area (Å²) < 4.78 is 13.3. The van der Waals surface area contributed by atoms with Crippen molar-refractivity contribution in [2.75, 3.05) is 11.9 Å². The second-order valence-corrected chi connectivity index (χ2v) is 7.50. The van der Waals surface area contributed by atoms with E-state index in [1.807, 2.05) is 50.2 Å². The van der Waals surface area contributed by atoms with Gasteiger partial charge in [0.2, 0.25) is 5.91 Å². The SMILES string of the molecule is [C-]#[N+]c1ccc(NC(=O)[C@](CCc2ccc(F)cc2)(NCC)c2ccccc2)cc1C. The molecule has 0 radical (unpaired) electrons. The summed E-state index contributed by atoms with van der Waals surface area (Å²) in [6.07, 6.45) is 1.10. The highest BCUT2D eigenvalue weighted by atomic mass is 19.1. The van der Waals surface area contributed by atoms with Crippen LogP contribution in [0.25, 0.3) is 4.85 Å². The molecule has 0 aliphatic heterocycles. The second kappa shape index (κ2) is 10.0. The van der Waals surface area contributed by atoms with Crippen LogP contribution in [-0.4, -0.2) is 12.5 Å². The van der Waals surface area contributed by atoms with E-state index in [4.69, 9.17) is 6.57 Å². The van der Waals surface area contributed by atoms with Gasteiger partial charge in [0.05, 0.1) is 6.57 Å². The van der Waals surface area contributed by atoms with Gasteiger partial charge >= 0.3 is 0 Å². The molecule has 0 spiro atoms. The molecule has 0 aliphatic rings. The fraction of sp³-hybridized carbons (Fsp3) is 0.231. The lowest BCUT2D eigenvalue weighted by atomic mass is 9.83. The van der Waals surface area contributed by atoms with Crippen LogP contribution in [0.2, 0.25) is 0 Å². The molecule has 2 N–H and O–H groups in total. The Bertz CT molecular complexity index is 1070. The number of likely N-dealkylation sites (N-methyl/N-ethyl adjacent to an activating group) is 1. The minimum absolute atomic E-state index is 0.169. The summed E-state index contributed by atoms with van der Waals surface area (Å²) in [5, 5.41) is 6.46. The van der Waals surface area contributed by atoms with E-state index in [-0.39, 0.29) is 11.7 Å². The highest BCUT2D eigenvalue weighted by Crippen LogP contribution is 2.30. The lowest BCUT2D eigenvalue weighted by Crippen LogP contribution is -2.52. The molecule has 0 saturated heterocycles. The number of nitrogens with zero attached hydrogens (tertiary/aromatic N) is 1. The third-order valence-electron chi connectivity index (χ3n) is 5.41. The molecule has 3 aromatic carbocycles. The van der Waals surface area contributed by atoms with Crippen molar-refractivity contribution in [1.82, 2.24) is 5.32 Å². The maximum Gasteiger partial charge on any atom is 0.249 e. The number of hydrogen-bond acceptors (Lipinski definition) is 2. The highest BCUT2D eigenvalue weighted by Gasteiger charge is 2.39. The summed E-state index contributed by atoms with van der Waals surface area (Å²) in [6.45, 7) is 11.6. The minimum atomic E-state index is -0.962. The molecular formula is C26H26FN3O. The summed E-state index contributed by atoms with van der Waals surface area (Å²) in [5.41, 5.74) is 2.89. The molecule has 0 aromatic heterocycles. The Hall–Kier alpha value is -3.49. The van der Waals surface area contributed by atoms with E-state index >= 15 is 0 Å². The normalized spacial score (nSPS) is 12.6. The molecule has 0 fully saturated rings. The Kier molecular flexibility index (Phi) is 7.17. The summed E-state index contributed by atoms with van der Waals surface area (Å²) in [6, 6.07) is 21.3. The van der Waals surface area contributed by atoms with Crippen molar-refractivity contribution in [2.45, 2.75) is 32.2 Å². The molecule has 158 valence electrons. The van der Waals surface area contributed by atoms with Gasteiger partial charge < -0.3 is 5.32 Å². The number of amides is 1. The molecule has 0 heterocycles. The van der Waals surface area contributed by atoms with Crippen molar-refractivity contribution in [1.29, 1.82) is 0 Å². The van der Waals surface area contributed by atoms with Crippen LogP contribution in [0.5, 0.6) is 0 Å².